The average Bonchev–Trinajstić information content (AvgIpc) is 2.72. The first-order valence-corrected chi connectivity index (χ1v) is 7.43. The first kappa shape index (κ1) is 13.9. The third-order valence-corrected chi connectivity index (χ3v) is 4.48. The van der Waals surface area contributed by atoms with E-state index in [1.807, 2.05) is 11.7 Å². The van der Waals surface area contributed by atoms with Crippen LogP contribution in [-0.2, 0) is 6.54 Å². The van der Waals surface area contributed by atoms with Crippen molar-refractivity contribution in [1.82, 2.24) is 15.1 Å². The van der Waals surface area contributed by atoms with Crippen LogP contribution in [0.15, 0.2) is 6.20 Å². The molecule has 3 unspecified atom stereocenters. The van der Waals surface area contributed by atoms with Crippen LogP contribution in [0, 0.1) is 11.8 Å². The molecule has 1 aromatic rings. The van der Waals surface area contributed by atoms with Gasteiger partial charge < -0.3 is 5.32 Å². The number of nitrogens with zero attached hydrogens (tertiary/aromatic N) is 2. The maximum Gasteiger partial charge on any atom is 0.0834 e. The summed E-state index contributed by atoms with van der Waals surface area (Å²) in [7, 11) is 2.03. The molecular formula is C14H24ClN3. The molecule has 0 saturated heterocycles. The first-order valence-electron chi connectivity index (χ1n) is 7.05. The number of nitrogens with one attached hydrogen (secondary N) is 1. The summed E-state index contributed by atoms with van der Waals surface area (Å²) in [5.74, 6) is 1.51. The largest absolute Gasteiger partial charge is 0.311 e. The zero-order valence-corrected chi connectivity index (χ0v) is 12.4. The zero-order chi connectivity index (χ0) is 13.1. The lowest BCUT2D eigenvalue weighted by Gasteiger charge is -2.33. The maximum atomic E-state index is 6.33. The molecular weight excluding hydrogens is 246 g/mol. The van der Waals surface area contributed by atoms with Gasteiger partial charge in [-0.3, -0.25) is 4.68 Å². The molecule has 1 fully saturated rings. The van der Waals surface area contributed by atoms with Crippen molar-refractivity contribution in [2.24, 2.45) is 11.8 Å². The van der Waals surface area contributed by atoms with Crippen LogP contribution in [0.2, 0.25) is 5.02 Å². The predicted molar refractivity (Wildman–Crippen MR) is 75.8 cm³/mol. The van der Waals surface area contributed by atoms with E-state index in [2.05, 4.69) is 24.3 Å². The molecule has 1 heterocycles. The summed E-state index contributed by atoms with van der Waals surface area (Å²) in [5.41, 5.74) is 1.17. The second-order valence-electron chi connectivity index (χ2n) is 5.49. The van der Waals surface area contributed by atoms with Crippen LogP contribution in [0.1, 0.15) is 51.3 Å². The highest BCUT2D eigenvalue weighted by Gasteiger charge is 2.30. The molecule has 18 heavy (non-hydrogen) atoms. The molecule has 2 rings (SSSR count). The Morgan fingerprint density at radius 3 is 2.94 bits per heavy atom. The van der Waals surface area contributed by atoms with Gasteiger partial charge in [-0.1, -0.05) is 31.4 Å². The van der Waals surface area contributed by atoms with E-state index < -0.39 is 0 Å². The summed E-state index contributed by atoms with van der Waals surface area (Å²) in [4.78, 5) is 0. The molecule has 1 saturated carbocycles. The van der Waals surface area contributed by atoms with E-state index in [1.54, 1.807) is 6.20 Å². The molecule has 1 N–H and O–H groups in total. The Morgan fingerprint density at radius 2 is 2.33 bits per heavy atom. The fraction of sp³-hybridized carbons (Fsp3) is 0.786. The van der Waals surface area contributed by atoms with Gasteiger partial charge in [-0.05, 0) is 38.6 Å². The molecule has 1 aliphatic carbocycles. The summed E-state index contributed by atoms with van der Waals surface area (Å²) in [6.07, 6.45) is 7.06. The van der Waals surface area contributed by atoms with Crippen LogP contribution in [0.25, 0.3) is 0 Å². The first-order chi connectivity index (χ1) is 8.67. The summed E-state index contributed by atoms with van der Waals surface area (Å²) in [6, 6.07) is 0.336. The van der Waals surface area contributed by atoms with Crippen molar-refractivity contribution in [1.29, 1.82) is 0 Å². The average molecular weight is 270 g/mol. The Morgan fingerprint density at radius 1 is 1.56 bits per heavy atom. The number of halogens is 1. The quantitative estimate of drug-likeness (QED) is 0.904. The van der Waals surface area contributed by atoms with Gasteiger partial charge in [0.1, 0.15) is 0 Å². The van der Waals surface area contributed by atoms with Gasteiger partial charge >= 0.3 is 0 Å². The second kappa shape index (κ2) is 6.07. The van der Waals surface area contributed by atoms with Crippen LogP contribution in [-0.4, -0.2) is 16.8 Å². The third kappa shape index (κ3) is 2.72. The van der Waals surface area contributed by atoms with E-state index >= 15 is 0 Å². The van der Waals surface area contributed by atoms with Crippen LogP contribution in [0.5, 0.6) is 0 Å². The SMILES string of the molecule is CCn1ncc(Cl)c1C(NC)C1CCCC(C)C1. The molecule has 0 aliphatic heterocycles. The van der Waals surface area contributed by atoms with Crippen LogP contribution in [0.4, 0.5) is 0 Å². The fourth-order valence-electron chi connectivity index (χ4n) is 3.31. The minimum absolute atomic E-state index is 0.336. The highest BCUT2D eigenvalue weighted by molar-refractivity contribution is 6.31. The molecule has 0 spiro atoms. The summed E-state index contributed by atoms with van der Waals surface area (Å²) < 4.78 is 2.03. The van der Waals surface area contributed by atoms with Crippen molar-refractivity contribution in [3.05, 3.63) is 16.9 Å². The van der Waals surface area contributed by atoms with E-state index in [0.717, 1.165) is 17.5 Å². The molecule has 3 nitrogen and oxygen atoms in total. The van der Waals surface area contributed by atoms with Gasteiger partial charge in [-0.15, -0.1) is 0 Å². The van der Waals surface area contributed by atoms with Gasteiger partial charge in [-0.25, -0.2) is 0 Å². The number of rotatable bonds is 4. The minimum atomic E-state index is 0.336. The normalized spacial score (nSPS) is 26.2. The lowest BCUT2D eigenvalue weighted by Crippen LogP contribution is -2.31. The summed E-state index contributed by atoms with van der Waals surface area (Å²) >= 11 is 6.33. The van der Waals surface area contributed by atoms with Crippen molar-refractivity contribution < 1.29 is 0 Å². The van der Waals surface area contributed by atoms with E-state index in [4.69, 9.17) is 11.6 Å². The highest BCUT2D eigenvalue weighted by atomic mass is 35.5. The number of aromatic nitrogens is 2. The Hall–Kier alpha value is -0.540. The van der Waals surface area contributed by atoms with E-state index in [0.29, 0.717) is 12.0 Å². The standard InChI is InChI=1S/C14H24ClN3/c1-4-18-14(12(15)9-17-18)13(16-3)11-7-5-6-10(2)8-11/h9-11,13,16H,4-8H2,1-3H3. The van der Waals surface area contributed by atoms with Crippen molar-refractivity contribution >= 4 is 11.6 Å². The molecule has 102 valence electrons. The van der Waals surface area contributed by atoms with Gasteiger partial charge in [0.15, 0.2) is 0 Å². The van der Waals surface area contributed by atoms with Gasteiger partial charge in [-0.2, -0.15) is 5.10 Å². The lowest BCUT2D eigenvalue weighted by atomic mass is 9.77. The van der Waals surface area contributed by atoms with E-state index in [-0.39, 0.29) is 0 Å². The zero-order valence-electron chi connectivity index (χ0n) is 11.6. The summed E-state index contributed by atoms with van der Waals surface area (Å²) in [5, 5.41) is 8.63. The maximum absolute atomic E-state index is 6.33. The molecule has 1 aliphatic rings. The van der Waals surface area contributed by atoms with Gasteiger partial charge in [0.25, 0.3) is 0 Å². The molecule has 0 bridgehead atoms. The summed E-state index contributed by atoms with van der Waals surface area (Å²) in [6.45, 7) is 5.35. The molecule has 3 atom stereocenters. The van der Waals surface area contributed by atoms with E-state index in [1.165, 1.54) is 31.4 Å². The third-order valence-electron chi connectivity index (χ3n) is 4.19. The molecule has 0 aromatic carbocycles. The van der Waals surface area contributed by atoms with Crippen LogP contribution >= 0.6 is 11.6 Å². The Bertz CT molecular complexity index is 388. The van der Waals surface area contributed by atoms with Gasteiger partial charge in [0.05, 0.1) is 23.0 Å². The smallest absolute Gasteiger partial charge is 0.0834 e. The second-order valence-corrected chi connectivity index (χ2v) is 5.90. The van der Waals surface area contributed by atoms with Crippen molar-refractivity contribution in [2.75, 3.05) is 7.05 Å². The predicted octanol–water partition coefficient (Wildman–Crippen LogP) is 3.64. The Balaban J connectivity index is 2.24. The topological polar surface area (TPSA) is 29.9 Å². The van der Waals surface area contributed by atoms with E-state index in [9.17, 15) is 0 Å². The van der Waals surface area contributed by atoms with Gasteiger partial charge in [0.2, 0.25) is 0 Å². The minimum Gasteiger partial charge on any atom is -0.311 e. The Labute approximate surface area is 115 Å². The number of hydrogen-bond acceptors (Lipinski definition) is 2. The van der Waals surface area contributed by atoms with Crippen LogP contribution < -0.4 is 5.32 Å². The van der Waals surface area contributed by atoms with Crippen LogP contribution in [0.3, 0.4) is 0 Å². The highest BCUT2D eigenvalue weighted by Crippen LogP contribution is 2.38. The van der Waals surface area contributed by atoms with Crippen molar-refractivity contribution in [3.63, 3.8) is 0 Å². The van der Waals surface area contributed by atoms with Gasteiger partial charge in [0, 0.05) is 6.54 Å². The Kier molecular flexibility index (Phi) is 4.68. The molecule has 0 radical (unpaired) electrons. The van der Waals surface area contributed by atoms with Crippen molar-refractivity contribution in [3.8, 4) is 0 Å². The monoisotopic (exact) mass is 269 g/mol. The molecule has 4 heteroatoms. The molecule has 1 aromatic heterocycles. The molecule has 0 amide bonds. The number of aryl methyl sites for hydroxylation is 1. The number of hydrogen-bond donors (Lipinski definition) is 1. The fourth-order valence-corrected chi connectivity index (χ4v) is 3.57. The van der Waals surface area contributed by atoms with Crippen molar-refractivity contribution in [2.45, 2.75) is 52.1 Å². The lowest BCUT2D eigenvalue weighted by molar-refractivity contribution is 0.223.